The summed E-state index contributed by atoms with van der Waals surface area (Å²) in [4.78, 5) is 12.7. The molecule has 3 heterocycles. The number of nitrogens with one attached hydrogen (secondary N) is 1. The van der Waals surface area contributed by atoms with Crippen molar-refractivity contribution in [3.63, 3.8) is 0 Å². The van der Waals surface area contributed by atoms with E-state index in [2.05, 4.69) is 5.32 Å². The zero-order valence-electron chi connectivity index (χ0n) is 16.7. The summed E-state index contributed by atoms with van der Waals surface area (Å²) in [7, 11) is 0. The number of carbonyl (C=O) groups is 1. The Morgan fingerprint density at radius 1 is 1.04 bits per heavy atom. The van der Waals surface area contributed by atoms with Crippen LogP contribution in [0.25, 0.3) is 0 Å². The van der Waals surface area contributed by atoms with Gasteiger partial charge in [0.1, 0.15) is 18.3 Å². The van der Waals surface area contributed by atoms with Gasteiger partial charge in [-0.3, -0.25) is 4.79 Å². The van der Waals surface area contributed by atoms with Crippen LogP contribution in [-0.4, -0.2) is 60.8 Å². The summed E-state index contributed by atoms with van der Waals surface area (Å²) in [5.74, 6) is -2.59. The third kappa shape index (κ3) is 3.75. The molecule has 0 aromatic heterocycles. The molecule has 0 aromatic carbocycles. The van der Waals surface area contributed by atoms with E-state index in [-0.39, 0.29) is 36.6 Å². The topological polar surface area (TPSA) is 101 Å². The highest BCUT2D eigenvalue weighted by atomic mass is 16.9. The van der Waals surface area contributed by atoms with Crippen molar-refractivity contribution < 1.29 is 28.5 Å². The maximum Gasteiger partial charge on any atom is 0.223 e. The van der Waals surface area contributed by atoms with Crippen LogP contribution in [0.4, 0.5) is 0 Å². The Kier molecular flexibility index (Phi) is 4.81. The van der Waals surface area contributed by atoms with Crippen molar-refractivity contribution in [2.24, 2.45) is 11.7 Å². The van der Waals surface area contributed by atoms with Gasteiger partial charge in [0.15, 0.2) is 11.6 Å². The summed E-state index contributed by atoms with van der Waals surface area (Å²) in [6.07, 6.45) is 2.42. The molecule has 4 atom stereocenters. The van der Waals surface area contributed by atoms with Crippen LogP contribution in [0.2, 0.25) is 0 Å². The van der Waals surface area contributed by atoms with E-state index in [4.69, 9.17) is 29.4 Å². The van der Waals surface area contributed by atoms with Crippen molar-refractivity contribution in [3.05, 3.63) is 0 Å². The van der Waals surface area contributed by atoms with Gasteiger partial charge in [0.05, 0.1) is 13.2 Å². The van der Waals surface area contributed by atoms with Gasteiger partial charge in [0.2, 0.25) is 11.7 Å². The second kappa shape index (κ2) is 6.64. The first-order valence-electron chi connectivity index (χ1n) is 10.0. The molecule has 0 unspecified atom stereocenters. The maximum absolute atomic E-state index is 12.7. The van der Waals surface area contributed by atoms with Crippen LogP contribution >= 0.6 is 0 Å². The molecule has 3 aliphatic heterocycles. The van der Waals surface area contributed by atoms with Crippen molar-refractivity contribution in [2.45, 2.75) is 95.1 Å². The molecule has 3 N–H and O–H groups in total. The highest BCUT2D eigenvalue weighted by Gasteiger charge is 2.65. The molecule has 4 rings (SSSR count). The number of hydrogen-bond donors (Lipinski definition) is 2. The average molecular weight is 384 g/mol. The fourth-order valence-electron chi connectivity index (χ4n) is 4.72. The van der Waals surface area contributed by atoms with Gasteiger partial charge < -0.3 is 34.7 Å². The predicted molar refractivity (Wildman–Crippen MR) is 95.5 cm³/mol. The molecule has 8 heteroatoms. The first-order valence-corrected chi connectivity index (χ1v) is 10.0. The molecule has 0 bridgehead atoms. The van der Waals surface area contributed by atoms with E-state index in [0.29, 0.717) is 6.61 Å². The lowest BCUT2D eigenvalue weighted by atomic mass is 9.86. The third-order valence-electron chi connectivity index (χ3n) is 5.93. The SMILES string of the molecule is CC1(C)O[C@@H]2[C@@H](CO[C@@]3(CNC(=O)C4CCC(N)CC4)OC(C)(C)O[C@@H]23)O1. The molecule has 4 fully saturated rings. The molecular formula is C19H32N2O6. The second-order valence-corrected chi connectivity index (χ2v) is 9.13. The lowest BCUT2D eigenvalue weighted by molar-refractivity contribution is -0.277. The normalized spacial score (nSPS) is 45.1. The van der Waals surface area contributed by atoms with Crippen LogP contribution in [0.5, 0.6) is 0 Å². The minimum absolute atomic E-state index is 0.00341. The van der Waals surface area contributed by atoms with Crippen LogP contribution in [0, 0.1) is 5.92 Å². The van der Waals surface area contributed by atoms with Crippen molar-refractivity contribution in [1.29, 1.82) is 0 Å². The number of carbonyl (C=O) groups excluding carboxylic acids is 1. The zero-order chi connectivity index (χ0) is 19.4. The quantitative estimate of drug-likeness (QED) is 0.749. The maximum atomic E-state index is 12.7. The molecule has 8 nitrogen and oxygen atoms in total. The van der Waals surface area contributed by atoms with Gasteiger partial charge in [0, 0.05) is 12.0 Å². The van der Waals surface area contributed by atoms with Crippen molar-refractivity contribution in [3.8, 4) is 0 Å². The first kappa shape index (κ1) is 19.5. The third-order valence-corrected chi connectivity index (χ3v) is 5.93. The van der Waals surface area contributed by atoms with Gasteiger partial charge in [-0.1, -0.05) is 0 Å². The largest absolute Gasteiger partial charge is 0.350 e. The fourth-order valence-corrected chi connectivity index (χ4v) is 4.72. The molecule has 27 heavy (non-hydrogen) atoms. The zero-order valence-corrected chi connectivity index (χ0v) is 16.7. The fraction of sp³-hybridized carbons (Fsp3) is 0.947. The minimum Gasteiger partial charge on any atom is -0.350 e. The Labute approximate surface area is 160 Å². The van der Waals surface area contributed by atoms with E-state index in [0.717, 1.165) is 25.7 Å². The molecule has 1 amide bonds. The van der Waals surface area contributed by atoms with Gasteiger partial charge in [-0.15, -0.1) is 0 Å². The first-order chi connectivity index (χ1) is 12.6. The number of fused-ring (bicyclic) bond motifs is 3. The monoisotopic (exact) mass is 384 g/mol. The van der Waals surface area contributed by atoms with E-state index in [9.17, 15) is 4.79 Å². The summed E-state index contributed by atoms with van der Waals surface area (Å²) in [6, 6.07) is 0.214. The molecule has 1 aliphatic carbocycles. The van der Waals surface area contributed by atoms with E-state index in [1.54, 1.807) is 0 Å². The number of hydrogen-bond acceptors (Lipinski definition) is 7. The number of amides is 1. The van der Waals surface area contributed by atoms with Gasteiger partial charge in [-0.2, -0.15) is 0 Å². The minimum atomic E-state index is -1.07. The van der Waals surface area contributed by atoms with Gasteiger partial charge >= 0.3 is 0 Å². The molecular weight excluding hydrogens is 352 g/mol. The van der Waals surface area contributed by atoms with Gasteiger partial charge in [-0.05, 0) is 53.4 Å². The molecule has 4 aliphatic rings. The number of nitrogens with two attached hydrogens (primary N) is 1. The van der Waals surface area contributed by atoms with Gasteiger partial charge in [-0.25, -0.2) is 0 Å². The van der Waals surface area contributed by atoms with Crippen molar-refractivity contribution >= 4 is 5.91 Å². The van der Waals surface area contributed by atoms with Crippen molar-refractivity contribution in [2.75, 3.05) is 13.2 Å². The highest BCUT2D eigenvalue weighted by molar-refractivity contribution is 5.78. The van der Waals surface area contributed by atoms with E-state index in [1.807, 2.05) is 27.7 Å². The molecule has 3 saturated heterocycles. The molecule has 0 spiro atoms. The van der Waals surface area contributed by atoms with Crippen molar-refractivity contribution in [1.82, 2.24) is 5.32 Å². The Balaban J connectivity index is 1.46. The molecule has 0 radical (unpaired) electrons. The van der Waals surface area contributed by atoms with Crippen LogP contribution in [-0.2, 0) is 28.5 Å². The van der Waals surface area contributed by atoms with E-state index in [1.165, 1.54) is 0 Å². The Morgan fingerprint density at radius 3 is 2.44 bits per heavy atom. The summed E-state index contributed by atoms with van der Waals surface area (Å²) in [5.41, 5.74) is 5.94. The van der Waals surface area contributed by atoms with E-state index >= 15 is 0 Å². The Hall–Kier alpha value is -0.770. The molecule has 0 aromatic rings. The second-order valence-electron chi connectivity index (χ2n) is 9.13. The van der Waals surface area contributed by atoms with Crippen LogP contribution in [0.1, 0.15) is 53.4 Å². The summed E-state index contributed by atoms with van der Waals surface area (Å²) in [5, 5.41) is 3.03. The molecule has 1 saturated carbocycles. The number of ether oxygens (including phenoxy) is 5. The Morgan fingerprint density at radius 2 is 1.74 bits per heavy atom. The predicted octanol–water partition coefficient (Wildman–Crippen LogP) is 1.02. The lowest BCUT2D eigenvalue weighted by Gasteiger charge is -2.41. The Bertz CT molecular complexity index is 589. The summed E-state index contributed by atoms with van der Waals surface area (Å²) in [6.45, 7) is 7.99. The lowest BCUT2D eigenvalue weighted by Crippen LogP contribution is -2.62. The average Bonchev–Trinajstić information content (AvgIpc) is 3.05. The van der Waals surface area contributed by atoms with Crippen LogP contribution in [0.3, 0.4) is 0 Å². The molecule has 154 valence electrons. The number of rotatable bonds is 3. The van der Waals surface area contributed by atoms with E-state index < -0.39 is 23.5 Å². The highest BCUT2D eigenvalue weighted by Crippen LogP contribution is 2.47. The van der Waals surface area contributed by atoms with Crippen LogP contribution < -0.4 is 11.1 Å². The van der Waals surface area contributed by atoms with Crippen LogP contribution in [0.15, 0.2) is 0 Å². The summed E-state index contributed by atoms with van der Waals surface area (Å²) < 4.78 is 30.4. The van der Waals surface area contributed by atoms with Gasteiger partial charge in [0.25, 0.3) is 0 Å². The summed E-state index contributed by atoms with van der Waals surface area (Å²) >= 11 is 0. The standard InChI is InChI=1S/C19H32N2O6/c1-17(2)24-13-9-23-19(15(14(13)25-17)26-18(3,4)27-19)10-21-16(22)11-5-7-12(20)8-6-11/h11-15H,5-10,20H2,1-4H3,(H,21,22)/t11?,12?,13-,14-,15+,19+/m1/s1. The smallest absolute Gasteiger partial charge is 0.223 e.